The Labute approximate surface area is 115 Å². The average Bonchev–Trinajstić information content (AvgIpc) is 2.38. The molecule has 1 aromatic rings. The van der Waals surface area contributed by atoms with Crippen molar-refractivity contribution in [2.24, 2.45) is 5.92 Å². The van der Waals surface area contributed by atoms with Crippen molar-refractivity contribution in [3.05, 3.63) is 29.6 Å². The summed E-state index contributed by atoms with van der Waals surface area (Å²) in [7, 11) is 1.46. The molecule has 6 nitrogen and oxygen atoms in total. The molecular weight excluding hydrogens is 265 g/mol. The molecular formula is C13H14FN3O3. The van der Waals surface area contributed by atoms with Crippen molar-refractivity contribution in [3.8, 4) is 6.07 Å². The van der Waals surface area contributed by atoms with Gasteiger partial charge in [-0.3, -0.25) is 0 Å². The van der Waals surface area contributed by atoms with Crippen molar-refractivity contribution in [2.45, 2.75) is 6.92 Å². The van der Waals surface area contributed by atoms with Gasteiger partial charge in [0, 0.05) is 13.6 Å². The Morgan fingerprint density at radius 2 is 2.20 bits per heavy atom. The number of carbonyl (C=O) groups is 2. The van der Waals surface area contributed by atoms with Crippen LogP contribution in [0.15, 0.2) is 18.2 Å². The Hall–Kier alpha value is -2.62. The predicted molar refractivity (Wildman–Crippen MR) is 69.8 cm³/mol. The first-order chi connectivity index (χ1) is 9.35. The van der Waals surface area contributed by atoms with Crippen molar-refractivity contribution in [1.29, 1.82) is 5.26 Å². The Kier molecular flexibility index (Phi) is 5.03. The molecule has 0 saturated heterocycles. The normalized spacial score (nSPS) is 11.3. The fourth-order valence-corrected chi connectivity index (χ4v) is 1.55. The standard InChI is InChI=1S/C13H14FN3O3/c1-8(6-15)7-17(2)13(20)16-11-5-9(14)3-4-10(11)12(18)19/h3-5,8H,7H2,1-2H3,(H,16,20)(H,18,19). The van der Waals surface area contributed by atoms with E-state index >= 15 is 0 Å². The molecule has 0 aliphatic heterocycles. The van der Waals surface area contributed by atoms with E-state index in [1.165, 1.54) is 11.9 Å². The molecule has 1 unspecified atom stereocenters. The third-order valence-electron chi connectivity index (χ3n) is 2.57. The van der Waals surface area contributed by atoms with Crippen molar-refractivity contribution >= 4 is 17.7 Å². The first kappa shape index (κ1) is 15.4. The molecule has 0 spiro atoms. The lowest BCUT2D eigenvalue weighted by atomic mass is 10.1. The van der Waals surface area contributed by atoms with E-state index in [0.717, 1.165) is 18.2 Å². The predicted octanol–water partition coefficient (Wildman–Crippen LogP) is 2.15. The molecule has 106 valence electrons. The highest BCUT2D eigenvalue weighted by molar-refractivity contribution is 5.99. The second kappa shape index (κ2) is 6.52. The van der Waals surface area contributed by atoms with Crippen LogP contribution in [0.4, 0.5) is 14.9 Å². The highest BCUT2D eigenvalue weighted by Gasteiger charge is 2.16. The number of carboxylic acids is 1. The SMILES string of the molecule is CC(C#N)CN(C)C(=O)Nc1cc(F)ccc1C(=O)O. The van der Waals surface area contributed by atoms with Crippen LogP contribution in [0.2, 0.25) is 0 Å². The molecule has 1 atom stereocenters. The van der Waals surface area contributed by atoms with Gasteiger partial charge in [0.1, 0.15) is 5.82 Å². The quantitative estimate of drug-likeness (QED) is 0.883. The summed E-state index contributed by atoms with van der Waals surface area (Å²) in [6, 6.07) is 4.38. The number of carboxylic acid groups (broad SMARTS) is 1. The van der Waals surface area contributed by atoms with E-state index in [1.54, 1.807) is 6.92 Å². The second-order valence-electron chi connectivity index (χ2n) is 4.34. The van der Waals surface area contributed by atoms with Gasteiger partial charge in [0.2, 0.25) is 0 Å². The first-order valence-electron chi connectivity index (χ1n) is 5.79. The van der Waals surface area contributed by atoms with Gasteiger partial charge in [0.15, 0.2) is 0 Å². The number of carbonyl (C=O) groups excluding carboxylic acids is 1. The number of amides is 2. The van der Waals surface area contributed by atoms with Crippen LogP contribution in [0, 0.1) is 23.1 Å². The van der Waals surface area contributed by atoms with Crippen LogP contribution in [-0.2, 0) is 0 Å². The molecule has 2 N–H and O–H groups in total. The van der Waals surface area contributed by atoms with E-state index in [1.807, 2.05) is 6.07 Å². The highest BCUT2D eigenvalue weighted by Crippen LogP contribution is 2.18. The maximum Gasteiger partial charge on any atom is 0.337 e. The fourth-order valence-electron chi connectivity index (χ4n) is 1.55. The minimum atomic E-state index is -1.27. The van der Waals surface area contributed by atoms with Crippen LogP contribution in [0.3, 0.4) is 0 Å². The van der Waals surface area contributed by atoms with Crippen molar-refractivity contribution in [2.75, 3.05) is 18.9 Å². The van der Waals surface area contributed by atoms with Crippen molar-refractivity contribution in [3.63, 3.8) is 0 Å². The minimum absolute atomic E-state index is 0.126. The smallest absolute Gasteiger partial charge is 0.337 e. The van der Waals surface area contributed by atoms with Crippen LogP contribution in [0.25, 0.3) is 0 Å². The van der Waals surface area contributed by atoms with E-state index in [9.17, 15) is 14.0 Å². The first-order valence-corrected chi connectivity index (χ1v) is 5.79. The van der Waals surface area contributed by atoms with E-state index in [4.69, 9.17) is 10.4 Å². The number of aromatic carboxylic acids is 1. The summed E-state index contributed by atoms with van der Waals surface area (Å²) in [5.41, 5.74) is -0.333. The molecule has 7 heteroatoms. The lowest BCUT2D eigenvalue weighted by Gasteiger charge is -2.19. The van der Waals surface area contributed by atoms with Crippen LogP contribution in [-0.4, -0.2) is 35.6 Å². The van der Waals surface area contributed by atoms with Gasteiger partial charge in [-0.2, -0.15) is 5.26 Å². The lowest BCUT2D eigenvalue weighted by molar-refractivity contribution is 0.0698. The summed E-state index contributed by atoms with van der Waals surface area (Å²) in [5, 5.41) is 20.0. The summed E-state index contributed by atoms with van der Waals surface area (Å²) in [6.07, 6.45) is 0. The highest BCUT2D eigenvalue weighted by atomic mass is 19.1. The molecule has 1 rings (SSSR count). The van der Waals surface area contributed by atoms with E-state index in [0.29, 0.717) is 0 Å². The number of hydrogen-bond acceptors (Lipinski definition) is 3. The van der Waals surface area contributed by atoms with Gasteiger partial charge in [-0.25, -0.2) is 14.0 Å². The molecule has 0 fully saturated rings. The monoisotopic (exact) mass is 279 g/mol. The van der Waals surface area contributed by atoms with E-state index in [-0.39, 0.29) is 23.7 Å². The van der Waals surface area contributed by atoms with Crippen LogP contribution in [0.1, 0.15) is 17.3 Å². The maximum absolute atomic E-state index is 13.1. The topological polar surface area (TPSA) is 93.4 Å². The number of nitrogens with one attached hydrogen (secondary N) is 1. The molecule has 2 amide bonds. The van der Waals surface area contributed by atoms with Crippen molar-refractivity contribution in [1.82, 2.24) is 4.90 Å². The molecule has 20 heavy (non-hydrogen) atoms. The molecule has 1 aromatic carbocycles. The Balaban J connectivity index is 2.88. The Morgan fingerprint density at radius 1 is 1.55 bits per heavy atom. The van der Waals surface area contributed by atoms with E-state index in [2.05, 4.69) is 5.32 Å². The largest absolute Gasteiger partial charge is 0.478 e. The maximum atomic E-state index is 13.1. The molecule has 0 radical (unpaired) electrons. The summed E-state index contributed by atoms with van der Waals surface area (Å²) in [4.78, 5) is 24.0. The number of nitrogens with zero attached hydrogens (tertiary/aromatic N) is 2. The minimum Gasteiger partial charge on any atom is -0.478 e. The number of hydrogen-bond donors (Lipinski definition) is 2. The number of urea groups is 1. The van der Waals surface area contributed by atoms with Gasteiger partial charge in [-0.05, 0) is 25.1 Å². The van der Waals surface area contributed by atoms with Crippen LogP contribution < -0.4 is 5.32 Å². The lowest BCUT2D eigenvalue weighted by Crippen LogP contribution is -2.34. The molecule has 0 heterocycles. The summed E-state index contributed by atoms with van der Waals surface area (Å²) in [6.45, 7) is 1.83. The third-order valence-corrected chi connectivity index (χ3v) is 2.57. The third kappa shape index (κ3) is 3.95. The fraction of sp³-hybridized carbons (Fsp3) is 0.308. The Morgan fingerprint density at radius 3 is 2.75 bits per heavy atom. The van der Waals surface area contributed by atoms with Gasteiger partial charge in [0.05, 0.1) is 23.2 Å². The molecule has 0 aromatic heterocycles. The number of anilines is 1. The van der Waals surface area contributed by atoms with Gasteiger partial charge < -0.3 is 15.3 Å². The number of benzene rings is 1. The molecule has 0 aliphatic carbocycles. The van der Waals surface area contributed by atoms with Crippen LogP contribution in [0.5, 0.6) is 0 Å². The summed E-state index contributed by atoms with van der Waals surface area (Å²) >= 11 is 0. The zero-order valence-electron chi connectivity index (χ0n) is 11.1. The zero-order valence-corrected chi connectivity index (χ0v) is 11.1. The second-order valence-corrected chi connectivity index (χ2v) is 4.34. The van der Waals surface area contributed by atoms with Crippen LogP contribution >= 0.6 is 0 Å². The van der Waals surface area contributed by atoms with Gasteiger partial charge in [-0.15, -0.1) is 0 Å². The summed E-state index contributed by atoms with van der Waals surface area (Å²) in [5.74, 6) is -2.29. The van der Waals surface area contributed by atoms with Gasteiger partial charge in [0.25, 0.3) is 0 Å². The zero-order chi connectivity index (χ0) is 15.3. The number of rotatable bonds is 4. The summed E-state index contributed by atoms with van der Waals surface area (Å²) < 4.78 is 13.1. The molecule has 0 aliphatic rings. The van der Waals surface area contributed by atoms with Crippen molar-refractivity contribution < 1.29 is 19.1 Å². The van der Waals surface area contributed by atoms with E-state index < -0.39 is 17.8 Å². The molecule has 0 saturated carbocycles. The van der Waals surface area contributed by atoms with Gasteiger partial charge in [-0.1, -0.05) is 0 Å². The van der Waals surface area contributed by atoms with Gasteiger partial charge >= 0.3 is 12.0 Å². The molecule has 0 bridgehead atoms. The Bertz CT molecular complexity index is 568. The average molecular weight is 279 g/mol. The number of halogens is 1. The number of nitriles is 1.